The Hall–Kier alpha value is -2.37. The molecule has 1 saturated carbocycles. The minimum Gasteiger partial charge on any atom is -0.479 e. The average molecular weight is 345 g/mol. The van der Waals surface area contributed by atoms with Crippen LogP contribution >= 0.6 is 0 Å². The zero-order valence-electron chi connectivity index (χ0n) is 14.6. The molecular formula is C19H23NO5. The van der Waals surface area contributed by atoms with Crippen LogP contribution in [0.25, 0.3) is 0 Å². The first-order valence-corrected chi connectivity index (χ1v) is 8.80. The molecule has 1 amide bonds. The average Bonchev–Trinajstić information content (AvgIpc) is 2.63. The fourth-order valence-electron chi connectivity index (χ4n) is 3.40. The van der Waals surface area contributed by atoms with Crippen LogP contribution in [0.4, 0.5) is 5.69 Å². The molecule has 0 saturated heterocycles. The highest BCUT2D eigenvalue weighted by Gasteiger charge is 2.38. The molecule has 1 aliphatic carbocycles. The van der Waals surface area contributed by atoms with Crippen molar-refractivity contribution in [2.24, 2.45) is 0 Å². The van der Waals surface area contributed by atoms with Gasteiger partial charge in [0.25, 0.3) is 5.91 Å². The number of esters is 1. The number of amides is 1. The molecular weight excluding hydrogens is 322 g/mol. The Labute approximate surface area is 147 Å². The van der Waals surface area contributed by atoms with Gasteiger partial charge in [0, 0.05) is 5.56 Å². The van der Waals surface area contributed by atoms with Crippen molar-refractivity contribution in [2.45, 2.75) is 64.2 Å². The van der Waals surface area contributed by atoms with E-state index < -0.39 is 18.1 Å². The Kier molecular flexibility index (Phi) is 5.06. The molecule has 2 aliphatic rings. The molecule has 0 N–H and O–H groups in total. The van der Waals surface area contributed by atoms with Crippen molar-refractivity contribution in [2.75, 3.05) is 4.90 Å². The van der Waals surface area contributed by atoms with E-state index in [9.17, 15) is 14.4 Å². The summed E-state index contributed by atoms with van der Waals surface area (Å²) in [6.07, 6.45) is 4.97. The Bertz CT molecular complexity index is 680. The summed E-state index contributed by atoms with van der Waals surface area (Å²) in [4.78, 5) is 37.7. The topological polar surface area (TPSA) is 72.9 Å². The largest absolute Gasteiger partial charge is 0.479 e. The number of carbonyl (C=O) groups is 3. The SMILES string of the molecule is CC1Oc2ccc(C=O)cc2N(C(C)C(=O)OC2CCCCC2)C1=O. The van der Waals surface area contributed by atoms with Gasteiger partial charge in [-0.3, -0.25) is 14.5 Å². The number of benzene rings is 1. The summed E-state index contributed by atoms with van der Waals surface area (Å²) < 4.78 is 11.2. The number of aldehydes is 1. The van der Waals surface area contributed by atoms with E-state index in [2.05, 4.69) is 0 Å². The summed E-state index contributed by atoms with van der Waals surface area (Å²) in [6, 6.07) is 4.06. The lowest BCUT2D eigenvalue weighted by atomic mass is 9.98. The lowest BCUT2D eigenvalue weighted by Crippen LogP contribution is -2.52. The Morgan fingerprint density at radius 1 is 1.32 bits per heavy atom. The number of nitrogens with zero attached hydrogens (tertiary/aromatic N) is 1. The molecule has 1 aliphatic heterocycles. The van der Waals surface area contributed by atoms with E-state index in [1.54, 1.807) is 32.0 Å². The van der Waals surface area contributed by atoms with Crippen LogP contribution in [0.1, 0.15) is 56.3 Å². The van der Waals surface area contributed by atoms with E-state index in [1.165, 1.54) is 11.3 Å². The molecule has 3 rings (SSSR count). The van der Waals surface area contributed by atoms with E-state index in [4.69, 9.17) is 9.47 Å². The van der Waals surface area contributed by atoms with Gasteiger partial charge in [-0.1, -0.05) is 6.42 Å². The van der Waals surface area contributed by atoms with Crippen LogP contribution in [-0.2, 0) is 14.3 Å². The summed E-state index contributed by atoms with van der Waals surface area (Å²) in [5.74, 6) is -0.254. The minimum atomic E-state index is -0.776. The van der Waals surface area contributed by atoms with Crippen LogP contribution in [-0.4, -0.2) is 36.4 Å². The Balaban J connectivity index is 1.85. The smallest absolute Gasteiger partial charge is 0.329 e. The van der Waals surface area contributed by atoms with Gasteiger partial charge in [-0.05, 0) is 57.7 Å². The van der Waals surface area contributed by atoms with Gasteiger partial charge in [-0.2, -0.15) is 0 Å². The van der Waals surface area contributed by atoms with Crippen molar-refractivity contribution in [3.05, 3.63) is 23.8 Å². The normalized spacial score (nSPS) is 21.9. The standard InChI is InChI=1S/C19H23NO5/c1-12(19(23)25-15-6-4-3-5-7-15)20-16-10-14(11-21)8-9-17(16)24-13(2)18(20)22/h8-13,15H,3-7H2,1-2H3. The molecule has 0 radical (unpaired) electrons. The number of ether oxygens (including phenoxy) is 2. The molecule has 2 atom stereocenters. The van der Waals surface area contributed by atoms with Gasteiger partial charge in [-0.15, -0.1) is 0 Å². The van der Waals surface area contributed by atoms with Crippen LogP contribution in [0.15, 0.2) is 18.2 Å². The first kappa shape index (κ1) is 17.5. The van der Waals surface area contributed by atoms with Gasteiger partial charge in [0.15, 0.2) is 6.10 Å². The summed E-state index contributed by atoms with van der Waals surface area (Å²) in [5.41, 5.74) is 0.850. The first-order chi connectivity index (χ1) is 12.0. The van der Waals surface area contributed by atoms with Crippen LogP contribution in [0.3, 0.4) is 0 Å². The van der Waals surface area contributed by atoms with Gasteiger partial charge >= 0.3 is 5.97 Å². The summed E-state index contributed by atoms with van der Waals surface area (Å²) in [5, 5.41) is 0. The molecule has 1 aromatic carbocycles. The number of rotatable bonds is 4. The second-order valence-electron chi connectivity index (χ2n) is 6.69. The predicted octanol–water partition coefficient (Wildman–Crippen LogP) is 2.88. The summed E-state index contributed by atoms with van der Waals surface area (Å²) >= 11 is 0. The molecule has 0 aromatic heterocycles. The molecule has 0 bridgehead atoms. The third-order valence-corrected chi connectivity index (χ3v) is 4.83. The number of carbonyl (C=O) groups excluding carboxylic acids is 3. The van der Waals surface area contributed by atoms with Gasteiger partial charge in [0.2, 0.25) is 0 Å². The van der Waals surface area contributed by atoms with E-state index in [1.807, 2.05) is 0 Å². The monoisotopic (exact) mass is 345 g/mol. The van der Waals surface area contributed by atoms with Crippen LogP contribution < -0.4 is 9.64 Å². The lowest BCUT2D eigenvalue weighted by molar-refractivity contribution is -0.153. The second kappa shape index (κ2) is 7.25. The van der Waals surface area contributed by atoms with Crippen molar-refractivity contribution in [1.82, 2.24) is 0 Å². The molecule has 1 fully saturated rings. The fourth-order valence-corrected chi connectivity index (χ4v) is 3.40. The van der Waals surface area contributed by atoms with E-state index in [-0.39, 0.29) is 12.0 Å². The van der Waals surface area contributed by atoms with E-state index in [0.29, 0.717) is 23.3 Å². The molecule has 6 nitrogen and oxygen atoms in total. The van der Waals surface area contributed by atoms with Crippen LogP contribution in [0.2, 0.25) is 0 Å². The maximum Gasteiger partial charge on any atom is 0.329 e. The highest BCUT2D eigenvalue weighted by molar-refractivity contribution is 6.04. The van der Waals surface area contributed by atoms with Gasteiger partial charge < -0.3 is 9.47 Å². The van der Waals surface area contributed by atoms with Crippen molar-refractivity contribution >= 4 is 23.9 Å². The van der Waals surface area contributed by atoms with Gasteiger partial charge in [0.05, 0.1) is 5.69 Å². The van der Waals surface area contributed by atoms with Crippen molar-refractivity contribution in [3.8, 4) is 5.75 Å². The molecule has 0 spiro atoms. The van der Waals surface area contributed by atoms with Crippen molar-refractivity contribution < 1.29 is 23.9 Å². The predicted molar refractivity (Wildman–Crippen MR) is 91.8 cm³/mol. The fraction of sp³-hybridized carbons (Fsp3) is 0.526. The van der Waals surface area contributed by atoms with E-state index in [0.717, 1.165) is 25.7 Å². The van der Waals surface area contributed by atoms with E-state index >= 15 is 0 Å². The molecule has 1 aromatic rings. The summed E-state index contributed by atoms with van der Waals surface area (Å²) in [7, 11) is 0. The third-order valence-electron chi connectivity index (χ3n) is 4.83. The molecule has 25 heavy (non-hydrogen) atoms. The van der Waals surface area contributed by atoms with Gasteiger partial charge in [-0.25, -0.2) is 4.79 Å². The molecule has 134 valence electrons. The summed E-state index contributed by atoms with van der Waals surface area (Å²) in [6.45, 7) is 3.30. The molecule has 1 heterocycles. The quantitative estimate of drug-likeness (QED) is 0.620. The maximum atomic E-state index is 12.6. The van der Waals surface area contributed by atoms with Crippen LogP contribution in [0.5, 0.6) is 5.75 Å². The van der Waals surface area contributed by atoms with Crippen molar-refractivity contribution in [1.29, 1.82) is 0 Å². The zero-order valence-corrected chi connectivity index (χ0v) is 14.6. The first-order valence-electron chi connectivity index (χ1n) is 8.80. The third kappa shape index (κ3) is 3.52. The Morgan fingerprint density at radius 3 is 2.72 bits per heavy atom. The zero-order chi connectivity index (χ0) is 18.0. The Morgan fingerprint density at radius 2 is 2.04 bits per heavy atom. The van der Waals surface area contributed by atoms with Gasteiger partial charge in [0.1, 0.15) is 24.2 Å². The lowest BCUT2D eigenvalue weighted by Gasteiger charge is -2.36. The maximum absolute atomic E-state index is 12.6. The second-order valence-corrected chi connectivity index (χ2v) is 6.69. The minimum absolute atomic E-state index is 0.0713. The number of fused-ring (bicyclic) bond motifs is 1. The van der Waals surface area contributed by atoms with Crippen molar-refractivity contribution in [3.63, 3.8) is 0 Å². The highest BCUT2D eigenvalue weighted by Crippen LogP contribution is 2.36. The number of anilines is 1. The van der Waals surface area contributed by atoms with Crippen LogP contribution in [0, 0.1) is 0 Å². The molecule has 2 unspecified atom stereocenters. The highest BCUT2D eigenvalue weighted by atomic mass is 16.5. The number of hydrogen-bond donors (Lipinski definition) is 0. The number of hydrogen-bond acceptors (Lipinski definition) is 5. The molecule has 6 heteroatoms.